The van der Waals surface area contributed by atoms with E-state index in [0.29, 0.717) is 11.7 Å². The molecule has 3 nitrogen and oxygen atoms in total. The van der Waals surface area contributed by atoms with Crippen molar-refractivity contribution >= 4 is 35.7 Å². The number of rotatable bonds is 1. The molecule has 1 aliphatic heterocycles. The zero-order chi connectivity index (χ0) is 13.8. The minimum absolute atomic E-state index is 0.334. The minimum Gasteiger partial charge on any atom is -0.325 e. The van der Waals surface area contributed by atoms with Gasteiger partial charge in [0.1, 0.15) is 11.7 Å². The molecule has 96 valence electrons. The Kier molecular flexibility index (Phi) is 2.41. The second-order valence-electron chi connectivity index (χ2n) is 6.01. The molecule has 4 heteroatoms. The molecule has 0 saturated heterocycles. The summed E-state index contributed by atoms with van der Waals surface area (Å²) < 4.78 is 0. The molecule has 0 atom stereocenters. The van der Waals surface area contributed by atoms with Crippen LogP contribution < -0.4 is 10.5 Å². The zero-order valence-corrected chi connectivity index (χ0v) is 12.4. The fraction of sp³-hybridized carbons (Fsp3) is 0.200. The summed E-state index contributed by atoms with van der Waals surface area (Å²) in [6.07, 6.45) is 0. The molecule has 19 heavy (non-hydrogen) atoms. The topological polar surface area (TPSA) is 59.7 Å². The monoisotopic (exact) mass is 267 g/mol. The number of benzene rings is 2. The van der Waals surface area contributed by atoms with E-state index in [-0.39, 0.29) is 0 Å². The second kappa shape index (κ2) is 3.77. The molecule has 1 aliphatic rings. The molecule has 2 aromatic carbocycles. The molecule has 0 saturated carbocycles. The largest absolute Gasteiger partial charge is 0.325 e. The molecule has 1 heterocycles. The summed E-state index contributed by atoms with van der Waals surface area (Å²) in [5, 5.41) is 22.5. The Hall–Kier alpha value is -1.94. The summed E-state index contributed by atoms with van der Waals surface area (Å²) in [5.41, 5.74) is 1.72. The predicted octanol–water partition coefficient (Wildman–Crippen LogP) is 2.64. The van der Waals surface area contributed by atoms with Gasteiger partial charge in [-0.1, -0.05) is 49.1 Å². The first kappa shape index (κ1) is 12.1. The number of nitrogens with one attached hydrogen (secondary N) is 3. The van der Waals surface area contributed by atoms with Gasteiger partial charge in [-0.3, -0.25) is 10.8 Å². The number of hydrogen-bond donors (Lipinski definition) is 3. The van der Waals surface area contributed by atoms with Gasteiger partial charge in [0, 0.05) is 11.1 Å². The van der Waals surface area contributed by atoms with Crippen molar-refractivity contribution in [2.24, 2.45) is 0 Å². The van der Waals surface area contributed by atoms with E-state index in [4.69, 9.17) is 10.8 Å². The Morgan fingerprint density at radius 1 is 0.895 bits per heavy atom. The molecular formula is C15H17N3Si. The van der Waals surface area contributed by atoms with Crippen LogP contribution in [0.1, 0.15) is 11.1 Å². The Morgan fingerprint density at radius 2 is 1.63 bits per heavy atom. The Balaban J connectivity index is 2.42. The fourth-order valence-electron chi connectivity index (χ4n) is 2.74. The van der Waals surface area contributed by atoms with Crippen LogP contribution in [0.15, 0.2) is 30.3 Å². The van der Waals surface area contributed by atoms with Crippen LogP contribution in [-0.4, -0.2) is 19.7 Å². The highest BCUT2D eigenvalue weighted by molar-refractivity contribution is 6.90. The first-order valence-corrected chi connectivity index (χ1v) is 9.90. The molecular weight excluding hydrogens is 250 g/mol. The van der Waals surface area contributed by atoms with Crippen molar-refractivity contribution in [2.75, 3.05) is 0 Å². The highest BCUT2D eigenvalue weighted by Gasteiger charge is 2.26. The van der Waals surface area contributed by atoms with E-state index < -0.39 is 8.07 Å². The fourth-order valence-corrected chi connectivity index (χ4v) is 4.37. The van der Waals surface area contributed by atoms with Crippen LogP contribution in [0.3, 0.4) is 0 Å². The van der Waals surface area contributed by atoms with Crippen LogP contribution in [0.2, 0.25) is 19.6 Å². The van der Waals surface area contributed by atoms with Crippen molar-refractivity contribution in [1.82, 2.24) is 5.32 Å². The SMILES string of the molecule is C[Si](C)(C)c1cccc2c3c(ccc12)C(=N)NC3=N. The van der Waals surface area contributed by atoms with E-state index in [1.165, 1.54) is 10.6 Å². The quantitative estimate of drug-likeness (QED) is 0.683. The molecule has 3 rings (SSSR count). The highest BCUT2D eigenvalue weighted by Crippen LogP contribution is 2.26. The predicted molar refractivity (Wildman–Crippen MR) is 83.7 cm³/mol. The van der Waals surface area contributed by atoms with E-state index in [9.17, 15) is 0 Å². The average molecular weight is 267 g/mol. The van der Waals surface area contributed by atoms with Crippen LogP contribution in [-0.2, 0) is 0 Å². The third kappa shape index (κ3) is 1.71. The molecule has 0 radical (unpaired) electrons. The lowest BCUT2D eigenvalue weighted by atomic mass is 10.00. The van der Waals surface area contributed by atoms with Gasteiger partial charge in [0.05, 0.1) is 8.07 Å². The normalized spacial score (nSPS) is 14.7. The van der Waals surface area contributed by atoms with Crippen molar-refractivity contribution in [1.29, 1.82) is 10.8 Å². The van der Waals surface area contributed by atoms with Crippen molar-refractivity contribution < 1.29 is 0 Å². The lowest BCUT2D eigenvalue weighted by Gasteiger charge is -2.20. The average Bonchev–Trinajstić information content (AvgIpc) is 2.63. The van der Waals surface area contributed by atoms with Crippen LogP contribution in [0.5, 0.6) is 0 Å². The standard InChI is InChI=1S/C15H17N3Si/c1-19(2,3)12-6-4-5-10-9(12)7-8-11-13(10)15(17)18-14(11)16/h4-8H,1-3H3,(H3,16,17,18). The van der Waals surface area contributed by atoms with Crippen molar-refractivity contribution in [3.05, 3.63) is 41.5 Å². The van der Waals surface area contributed by atoms with Gasteiger partial charge in [-0.15, -0.1) is 0 Å². The van der Waals surface area contributed by atoms with Crippen molar-refractivity contribution in [2.45, 2.75) is 19.6 Å². The lowest BCUT2D eigenvalue weighted by molar-refractivity contribution is 1.29. The van der Waals surface area contributed by atoms with E-state index in [1.54, 1.807) is 0 Å². The molecule has 3 N–H and O–H groups in total. The number of fused-ring (bicyclic) bond motifs is 3. The van der Waals surface area contributed by atoms with Gasteiger partial charge in [-0.25, -0.2) is 0 Å². The summed E-state index contributed by atoms with van der Waals surface area (Å²) >= 11 is 0. The highest BCUT2D eigenvalue weighted by atomic mass is 28.3. The molecule has 0 aromatic heterocycles. The summed E-state index contributed by atoms with van der Waals surface area (Å²) in [6, 6.07) is 10.4. The maximum Gasteiger partial charge on any atom is 0.132 e. The summed E-state index contributed by atoms with van der Waals surface area (Å²) in [7, 11) is -1.41. The van der Waals surface area contributed by atoms with E-state index >= 15 is 0 Å². The Labute approximate surface area is 113 Å². The van der Waals surface area contributed by atoms with Crippen molar-refractivity contribution in [3.63, 3.8) is 0 Å². The van der Waals surface area contributed by atoms with Crippen LogP contribution in [0, 0.1) is 10.8 Å². The van der Waals surface area contributed by atoms with E-state index in [1.807, 2.05) is 6.07 Å². The number of amidine groups is 2. The lowest BCUT2D eigenvalue weighted by Crippen LogP contribution is -2.38. The third-order valence-corrected chi connectivity index (χ3v) is 5.69. The molecule has 0 unspecified atom stereocenters. The van der Waals surface area contributed by atoms with Gasteiger partial charge in [0.15, 0.2) is 0 Å². The van der Waals surface area contributed by atoms with Gasteiger partial charge in [-0.05, 0) is 16.8 Å². The first-order chi connectivity index (χ1) is 8.89. The summed E-state index contributed by atoms with van der Waals surface area (Å²) in [4.78, 5) is 0. The maximum absolute atomic E-state index is 8.03. The van der Waals surface area contributed by atoms with Crippen LogP contribution in [0.25, 0.3) is 10.8 Å². The smallest absolute Gasteiger partial charge is 0.132 e. The summed E-state index contributed by atoms with van der Waals surface area (Å²) in [6.45, 7) is 7.00. The molecule has 0 aliphatic carbocycles. The molecule has 0 fully saturated rings. The summed E-state index contributed by atoms with van der Waals surface area (Å²) in [5.74, 6) is 0.679. The van der Waals surface area contributed by atoms with Crippen LogP contribution >= 0.6 is 0 Å². The van der Waals surface area contributed by atoms with Gasteiger partial charge in [0.25, 0.3) is 0 Å². The molecule has 0 bridgehead atoms. The van der Waals surface area contributed by atoms with Crippen molar-refractivity contribution in [3.8, 4) is 0 Å². The number of hydrogen-bond acceptors (Lipinski definition) is 2. The van der Waals surface area contributed by atoms with Gasteiger partial charge in [-0.2, -0.15) is 0 Å². The molecule has 0 amide bonds. The first-order valence-electron chi connectivity index (χ1n) is 6.40. The Bertz CT molecular complexity index is 726. The molecule has 2 aromatic rings. The van der Waals surface area contributed by atoms with E-state index in [2.05, 4.69) is 49.2 Å². The molecule has 0 spiro atoms. The van der Waals surface area contributed by atoms with E-state index in [0.717, 1.165) is 16.5 Å². The van der Waals surface area contributed by atoms with Gasteiger partial charge < -0.3 is 5.32 Å². The maximum atomic E-state index is 8.03. The van der Waals surface area contributed by atoms with Crippen LogP contribution in [0.4, 0.5) is 0 Å². The third-order valence-electron chi connectivity index (χ3n) is 3.64. The minimum atomic E-state index is -1.41. The zero-order valence-electron chi connectivity index (χ0n) is 11.4. The van der Waals surface area contributed by atoms with Gasteiger partial charge in [0.2, 0.25) is 0 Å². The van der Waals surface area contributed by atoms with Gasteiger partial charge >= 0.3 is 0 Å². The Morgan fingerprint density at radius 3 is 2.32 bits per heavy atom. The second-order valence-corrected chi connectivity index (χ2v) is 11.1.